The molecule has 2 aromatic carbocycles. The number of nitrogens with zero attached hydrogens (tertiary/aromatic N) is 4. The average Bonchev–Trinajstić information content (AvgIpc) is 3.37. The topological polar surface area (TPSA) is 67.7 Å². The highest BCUT2D eigenvalue weighted by Gasteiger charge is 2.29. The zero-order valence-electron chi connectivity index (χ0n) is 18.9. The van der Waals surface area contributed by atoms with Crippen LogP contribution in [-0.2, 0) is 20.9 Å². The molecule has 184 valence electrons. The number of rotatable bonds is 4. The number of anilines is 1. The minimum atomic E-state index is -0.933. The number of ether oxygens (including phenoxy) is 1. The minimum Gasteiger partial charge on any atom is -0.373 e. The quantitative estimate of drug-likeness (QED) is 0.533. The number of fused-ring (bicyclic) bond motifs is 1. The maximum Gasteiger partial charge on any atom is 0.227 e. The number of imidazole rings is 1. The first kappa shape index (κ1) is 23.6. The Hall–Kier alpha value is -3.11. The summed E-state index contributed by atoms with van der Waals surface area (Å²) in [6.07, 6.45) is 0.379. The zero-order chi connectivity index (χ0) is 24.9. The average molecular weight is 507 g/mol. The number of morpholine rings is 1. The molecule has 2 amide bonds. The summed E-state index contributed by atoms with van der Waals surface area (Å²) < 4.78 is 52.9. The predicted molar refractivity (Wildman–Crippen MR) is 124 cm³/mol. The smallest absolute Gasteiger partial charge is 0.227 e. The predicted octanol–water partition coefficient (Wildman–Crippen LogP) is 4.15. The molecule has 7 nitrogen and oxygen atoms in total. The van der Waals surface area contributed by atoms with Gasteiger partial charge in [-0.15, -0.1) is 0 Å². The van der Waals surface area contributed by atoms with E-state index < -0.39 is 29.1 Å². The van der Waals surface area contributed by atoms with E-state index in [1.807, 2.05) is 0 Å². The molecule has 0 N–H and O–H groups in total. The summed E-state index contributed by atoms with van der Waals surface area (Å²) in [6, 6.07) is 4.69. The number of halogens is 4. The Balaban J connectivity index is 1.62. The van der Waals surface area contributed by atoms with Crippen LogP contribution in [0.2, 0.25) is 5.02 Å². The Morgan fingerprint density at radius 3 is 2.54 bits per heavy atom. The summed E-state index contributed by atoms with van der Waals surface area (Å²) in [5.41, 5.74) is -0.186. The first-order valence-corrected chi connectivity index (χ1v) is 11.6. The molecule has 2 aliphatic heterocycles. The first-order chi connectivity index (χ1) is 16.7. The molecule has 0 bridgehead atoms. The Morgan fingerprint density at radius 1 is 1.14 bits per heavy atom. The molecule has 2 aliphatic rings. The monoisotopic (exact) mass is 506 g/mol. The van der Waals surface area contributed by atoms with Gasteiger partial charge < -0.3 is 19.1 Å². The van der Waals surface area contributed by atoms with Crippen LogP contribution < -0.4 is 4.90 Å². The summed E-state index contributed by atoms with van der Waals surface area (Å²) in [6.45, 7) is 2.77. The van der Waals surface area contributed by atoms with Crippen molar-refractivity contribution in [2.45, 2.75) is 32.4 Å². The second-order valence-corrected chi connectivity index (χ2v) is 9.13. The number of aromatic nitrogens is 2. The summed E-state index contributed by atoms with van der Waals surface area (Å²) in [5.74, 6) is -3.04. The molecule has 0 spiro atoms. The van der Waals surface area contributed by atoms with Gasteiger partial charge in [-0.05, 0) is 30.7 Å². The Bertz CT molecular complexity index is 1320. The van der Waals surface area contributed by atoms with Crippen molar-refractivity contribution >= 4 is 40.1 Å². The van der Waals surface area contributed by atoms with E-state index in [-0.39, 0.29) is 59.1 Å². The second-order valence-electron chi connectivity index (χ2n) is 8.69. The van der Waals surface area contributed by atoms with Gasteiger partial charge in [0.05, 0.1) is 30.3 Å². The minimum absolute atomic E-state index is 0.000587. The van der Waals surface area contributed by atoms with Gasteiger partial charge in [-0.25, -0.2) is 18.2 Å². The molecule has 1 unspecified atom stereocenters. The van der Waals surface area contributed by atoms with Crippen LogP contribution in [0.5, 0.6) is 0 Å². The van der Waals surface area contributed by atoms with Crippen molar-refractivity contribution in [1.82, 2.24) is 14.5 Å². The van der Waals surface area contributed by atoms with Crippen LogP contribution in [0.15, 0.2) is 24.3 Å². The third-order valence-electron chi connectivity index (χ3n) is 6.37. The van der Waals surface area contributed by atoms with Crippen molar-refractivity contribution in [1.29, 1.82) is 0 Å². The maximum absolute atomic E-state index is 15.4. The molecule has 1 atom stereocenters. The highest BCUT2D eigenvalue weighted by atomic mass is 35.5. The SMILES string of the molecule is CC(=O)N1CCOC(Cn2c(-c3c(F)cc(N4CCCC4=O)cc3F)nc3cc(Cl)cc(F)c32)C1. The van der Waals surface area contributed by atoms with Crippen LogP contribution in [0, 0.1) is 17.5 Å². The van der Waals surface area contributed by atoms with Crippen LogP contribution in [0.1, 0.15) is 19.8 Å². The summed E-state index contributed by atoms with van der Waals surface area (Å²) in [7, 11) is 0. The van der Waals surface area contributed by atoms with Crippen LogP contribution in [0.4, 0.5) is 18.9 Å². The van der Waals surface area contributed by atoms with Crippen molar-refractivity contribution in [3.05, 3.63) is 46.7 Å². The van der Waals surface area contributed by atoms with E-state index in [0.29, 0.717) is 25.9 Å². The van der Waals surface area contributed by atoms with E-state index >= 15 is 13.2 Å². The normalized spacial score (nSPS) is 18.7. The Morgan fingerprint density at radius 2 is 1.89 bits per heavy atom. The number of hydrogen-bond donors (Lipinski definition) is 0. The van der Waals surface area contributed by atoms with E-state index in [0.717, 1.165) is 18.2 Å². The number of carbonyl (C=O) groups is 2. The number of benzene rings is 2. The van der Waals surface area contributed by atoms with Gasteiger partial charge >= 0.3 is 0 Å². The lowest BCUT2D eigenvalue weighted by Gasteiger charge is -2.32. The van der Waals surface area contributed by atoms with E-state index in [2.05, 4.69) is 4.98 Å². The molecule has 0 aliphatic carbocycles. The van der Waals surface area contributed by atoms with Gasteiger partial charge in [0.15, 0.2) is 5.82 Å². The van der Waals surface area contributed by atoms with Crippen molar-refractivity contribution < 1.29 is 27.5 Å². The molecule has 3 aromatic rings. The Kier molecular flexibility index (Phi) is 6.18. The third-order valence-corrected chi connectivity index (χ3v) is 6.58. The molecule has 2 saturated heterocycles. The van der Waals surface area contributed by atoms with E-state index in [1.54, 1.807) is 4.90 Å². The highest BCUT2D eigenvalue weighted by Crippen LogP contribution is 2.35. The number of carbonyl (C=O) groups excluding carboxylic acids is 2. The molecule has 0 saturated carbocycles. The summed E-state index contributed by atoms with van der Waals surface area (Å²) in [5, 5.41) is 0.0895. The third kappa shape index (κ3) is 4.36. The van der Waals surface area contributed by atoms with Crippen molar-refractivity contribution in [2.75, 3.05) is 31.1 Å². The lowest BCUT2D eigenvalue weighted by molar-refractivity contribution is -0.136. The Labute approximate surface area is 204 Å². The second kappa shape index (κ2) is 9.16. The summed E-state index contributed by atoms with van der Waals surface area (Å²) in [4.78, 5) is 31.2. The van der Waals surface area contributed by atoms with Crippen LogP contribution >= 0.6 is 11.6 Å². The fourth-order valence-corrected chi connectivity index (χ4v) is 4.92. The van der Waals surface area contributed by atoms with Crippen molar-refractivity contribution in [3.63, 3.8) is 0 Å². The number of amides is 2. The maximum atomic E-state index is 15.4. The summed E-state index contributed by atoms with van der Waals surface area (Å²) >= 11 is 6.00. The van der Waals surface area contributed by atoms with Gasteiger partial charge in [0, 0.05) is 43.7 Å². The molecular formula is C24H22ClF3N4O3. The number of hydrogen-bond acceptors (Lipinski definition) is 4. The van der Waals surface area contributed by atoms with Gasteiger partial charge in [0.2, 0.25) is 11.8 Å². The standard InChI is InChI=1S/C24H22ClF3N4O3/c1-13(33)30-5-6-35-16(11-30)12-32-23-19(28)7-14(25)8-20(23)29-24(32)22-17(26)9-15(10-18(22)27)31-4-2-3-21(31)34/h7-10,16H,2-6,11-12H2,1H3. The van der Waals surface area contributed by atoms with E-state index in [1.165, 1.54) is 22.5 Å². The molecule has 0 radical (unpaired) electrons. The van der Waals surface area contributed by atoms with Gasteiger partial charge in [-0.2, -0.15) is 0 Å². The molecule has 5 rings (SSSR count). The largest absolute Gasteiger partial charge is 0.373 e. The molecule has 11 heteroatoms. The van der Waals surface area contributed by atoms with E-state index in [4.69, 9.17) is 16.3 Å². The fourth-order valence-electron chi connectivity index (χ4n) is 4.72. The zero-order valence-corrected chi connectivity index (χ0v) is 19.6. The molecular weight excluding hydrogens is 485 g/mol. The van der Waals surface area contributed by atoms with Gasteiger partial charge in [-0.3, -0.25) is 9.59 Å². The first-order valence-electron chi connectivity index (χ1n) is 11.2. The fraction of sp³-hybridized carbons (Fsp3) is 0.375. The lowest BCUT2D eigenvalue weighted by atomic mass is 10.1. The van der Waals surface area contributed by atoms with Crippen LogP contribution in [-0.4, -0.2) is 58.6 Å². The molecule has 2 fully saturated rings. The van der Waals surface area contributed by atoms with Crippen molar-refractivity contribution in [2.24, 2.45) is 0 Å². The molecule has 1 aromatic heterocycles. The molecule has 35 heavy (non-hydrogen) atoms. The van der Waals surface area contributed by atoms with Crippen LogP contribution in [0.25, 0.3) is 22.4 Å². The van der Waals surface area contributed by atoms with Gasteiger partial charge in [-0.1, -0.05) is 11.6 Å². The van der Waals surface area contributed by atoms with Crippen LogP contribution in [0.3, 0.4) is 0 Å². The van der Waals surface area contributed by atoms with Gasteiger partial charge in [0.25, 0.3) is 0 Å². The highest BCUT2D eigenvalue weighted by molar-refractivity contribution is 6.31. The lowest BCUT2D eigenvalue weighted by Crippen LogP contribution is -2.46. The van der Waals surface area contributed by atoms with E-state index in [9.17, 15) is 9.59 Å². The van der Waals surface area contributed by atoms with Gasteiger partial charge in [0.1, 0.15) is 23.0 Å². The molecule has 3 heterocycles. The van der Waals surface area contributed by atoms with Crippen molar-refractivity contribution in [3.8, 4) is 11.4 Å².